The normalized spacial score (nSPS) is 12.0. The molecule has 4 rings (SSSR count). The van der Waals surface area contributed by atoms with Crippen molar-refractivity contribution in [2.24, 2.45) is 0 Å². The number of halogens is 3. The van der Waals surface area contributed by atoms with Gasteiger partial charge in [-0.05, 0) is 24.3 Å². The second-order valence-corrected chi connectivity index (χ2v) is 6.02. The molecule has 0 radical (unpaired) electrons. The average Bonchev–Trinajstić information content (AvgIpc) is 3.25. The average molecular weight is 373 g/mol. The van der Waals surface area contributed by atoms with Crippen LogP contribution in [0.5, 0.6) is 0 Å². The number of hydrogen-bond donors (Lipinski definition) is 0. The first-order valence-electron chi connectivity index (χ1n) is 8.11. The van der Waals surface area contributed by atoms with Crippen LogP contribution in [0.2, 0.25) is 0 Å². The van der Waals surface area contributed by atoms with Gasteiger partial charge in [-0.3, -0.25) is 4.79 Å². The Kier molecular flexibility index (Phi) is 4.06. The van der Waals surface area contributed by atoms with E-state index >= 15 is 0 Å². The summed E-state index contributed by atoms with van der Waals surface area (Å²) < 4.78 is 42.8. The summed E-state index contributed by atoms with van der Waals surface area (Å²) >= 11 is 0. The smallest absolute Gasteiger partial charge is 0.323 e. The maximum absolute atomic E-state index is 13.1. The Labute approximate surface area is 151 Å². The molecule has 0 aliphatic rings. The van der Waals surface area contributed by atoms with E-state index in [-0.39, 0.29) is 13.1 Å². The number of amides is 1. The Morgan fingerprint density at radius 1 is 0.889 bits per heavy atom. The molecule has 27 heavy (non-hydrogen) atoms. The minimum absolute atomic E-state index is 0.233. The standard InChI is InChI=1S/C18H14F3N5O/c19-18(20,21)17(27)24(11-13-9-22-15-5-1-3-7-25(13)15)12-14-10-23-16-6-2-4-8-26(14)16/h1-10H,11-12H2. The van der Waals surface area contributed by atoms with Crippen molar-refractivity contribution in [3.05, 3.63) is 72.6 Å². The molecule has 0 spiro atoms. The third-order valence-corrected chi connectivity index (χ3v) is 4.22. The first-order valence-corrected chi connectivity index (χ1v) is 8.11. The SMILES string of the molecule is O=C(N(Cc1cnc2ccccn12)Cc1cnc2ccccn12)C(F)(F)F. The van der Waals surface area contributed by atoms with E-state index in [1.165, 1.54) is 12.4 Å². The number of carbonyl (C=O) groups is 1. The lowest BCUT2D eigenvalue weighted by Gasteiger charge is -2.23. The molecule has 4 heterocycles. The summed E-state index contributed by atoms with van der Waals surface area (Å²) in [5, 5.41) is 0. The van der Waals surface area contributed by atoms with Gasteiger partial charge in [-0.1, -0.05) is 12.1 Å². The molecule has 0 atom stereocenters. The number of hydrogen-bond acceptors (Lipinski definition) is 3. The fourth-order valence-corrected chi connectivity index (χ4v) is 2.97. The van der Waals surface area contributed by atoms with Crippen molar-refractivity contribution < 1.29 is 18.0 Å². The fraction of sp³-hybridized carbons (Fsp3) is 0.167. The molecule has 4 aromatic heterocycles. The Morgan fingerprint density at radius 2 is 1.37 bits per heavy atom. The quantitative estimate of drug-likeness (QED) is 0.553. The van der Waals surface area contributed by atoms with E-state index in [1.54, 1.807) is 57.6 Å². The topological polar surface area (TPSA) is 54.9 Å². The van der Waals surface area contributed by atoms with Crippen LogP contribution in [0.25, 0.3) is 11.3 Å². The molecule has 0 saturated heterocycles. The second-order valence-electron chi connectivity index (χ2n) is 6.02. The molecular weight excluding hydrogens is 359 g/mol. The highest BCUT2D eigenvalue weighted by Gasteiger charge is 2.42. The van der Waals surface area contributed by atoms with Gasteiger partial charge in [-0.15, -0.1) is 0 Å². The molecule has 0 unspecified atom stereocenters. The van der Waals surface area contributed by atoms with Crippen LogP contribution >= 0.6 is 0 Å². The van der Waals surface area contributed by atoms with E-state index in [1.807, 2.05) is 0 Å². The maximum Gasteiger partial charge on any atom is 0.471 e. The number of imidazole rings is 2. The van der Waals surface area contributed by atoms with Crippen molar-refractivity contribution >= 4 is 17.2 Å². The minimum atomic E-state index is -4.97. The van der Waals surface area contributed by atoms with Crippen molar-refractivity contribution in [2.75, 3.05) is 0 Å². The Balaban J connectivity index is 1.70. The van der Waals surface area contributed by atoms with Crippen LogP contribution in [-0.2, 0) is 17.9 Å². The van der Waals surface area contributed by atoms with Crippen molar-refractivity contribution in [1.29, 1.82) is 0 Å². The molecule has 4 aromatic rings. The summed E-state index contributed by atoms with van der Waals surface area (Å²) in [6, 6.07) is 10.5. The number of aromatic nitrogens is 4. The van der Waals surface area contributed by atoms with Gasteiger partial charge in [-0.2, -0.15) is 13.2 Å². The van der Waals surface area contributed by atoms with Crippen LogP contribution in [0.1, 0.15) is 11.4 Å². The van der Waals surface area contributed by atoms with E-state index in [2.05, 4.69) is 9.97 Å². The predicted molar refractivity (Wildman–Crippen MR) is 90.7 cm³/mol. The summed E-state index contributed by atoms with van der Waals surface area (Å²) in [6.07, 6.45) is 1.37. The Morgan fingerprint density at radius 3 is 1.81 bits per heavy atom. The van der Waals surface area contributed by atoms with Gasteiger partial charge in [0.05, 0.1) is 36.9 Å². The zero-order valence-electron chi connectivity index (χ0n) is 14.0. The van der Waals surface area contributed by atoms with Gasteiger partial charge in [0.1, 0.15) is 11.3 Å². The maximum atomic E-state index is 13.1. The third-order valence-electron chi connectivity index (χ3n) is 4.22. The minimum Gasteiger partial charge on any atom is -0.323 e. The largest absolute Gasteiger partial charge is 0.471 e. The molecule has 1 amide bonds. The number of nitrogens with zero attached hydrogens (tertiary/aromatic N) is 5. The predicted octanol–water partition coefficient (Wildman–Crippen LogP) is 3.07. The molecule has 9 heteroatoms. The number of carbonyl (C=O) groups excluding carboxylic acids is 1. The lowest BCUT2D eigenvalue weighted by molar-refractivity contribution is -0.186. The molecule has 6 nitrogen and oxygen atoms in total. The van der Waals surface area contributed by atoms with Crippen LogP contribution in [0.3, 0.4) is 0 Å². The lowest BCUT2D eigenvalue weighted by atomic mass is 10.3. The number of alkyl halides is 3. The molecule has 0 fully saturated rings. The second kappa shape index (κ2) is 6.42. The van der Waals surface area contributed by atoms with Crippen LogP contribution in [-0.4, -0.2) is 35.8 Å². The highest BCUT2D eigenvalue weighted by Crippen LogP contribution is 2.22. The van der Waals surface area contributed by atoms with E-state index in [4.69, 9.17) is 0 Å². The molecule has 0 bridgehead atoms. The van der Waals surface area contributed by atoms with Crippen molar-refractivity contribution in [2.45, 2.75) is 19.3 Å². The van der Waals surface area contributed by atoms with Crippen LogP contribution in [0.4, 0.5) is 13.2 Å². The van der Waals surface area contributed by atoms with E-state index in [0.717, 1.165) is 4.90 Å². The molecule has 0 saturated carbocycles. The van der Waals surface area contributed by atoms with Crippen LogP contribution in [0, 0.1) is 0 Å². The van der Waals surface area contributed by atoms with Gasteiger partial charge in [0, 0.05) is 12.4 Å². The van der Waals surface area contributed by atoms with Crippen molar-refractivity contribution in [3.8, 4) is 0 Å². The molecule has 0 aliphatic carbocycles. The highest BCUT2D eigenvalue weighted by atomic mass is 19.4. The van der Waals surface area contributed by atoms with Gasteiger partial charge in [-0.25, -0.2) is 9.97 Å². The zero-order chi connectivity index (χ0) is 19.0. The summed E-state index contributed by atoms with van der Waals surface area (Å²) in [7, 11) is 0. The van der Waals surface area contributed by atoms with Crippen molar-refractivity contribution in [3.63, 3.8) is 0 Å². The summed E-state index contributed by atoms with van der Waals surface area (Å²) in [5.41, 5.74) is 2.16. The van der Waals surface area contributed by atoms with Gasteiger partial charge in [0.15, 0.2) is 0 Å². The zero-order valence-corrected chi connectivity index (χ0v) is 14.0. The molecule has 0 aromatic carbocycles. The summed E-state index contributed by atoms with van der Waals surface area (Å²) in [4.78, 5) is 21.1. The first kappa shape index (κ1) is 17.1. The Hall–Kier alpha value is -3.36. The van der Waals surface area contributed by atoms with Gasteiger partial charge >= 0.3 is 12.1 Å². The third kappa shape index (κ3) is 3.23. The highest BCUT2D eigenvalue weighted by molar-refractivity contribution is 5.81. The summed E-state index contributed by atoms with van der Waals surface area (Å²) in [6.45, 7) is -0.465. The monoisotopic (exact) mass is 373 g/mol. The van der Waals surface area contributed by atoms with Crippen LogP contribution < -0.4 is 0 Å². The van der Waals surface area contributed by atoms with Gasteiger partial charge in [0.2, 0.25) is 0 Å². The van der Waals surface area contributed by atoms with Crippen LogP contribution in [0.15, 0.2) is 61.2 Å². The first-order chi connectivity index (χ1) is 12.9. The Bertz CT molecular complexity index is 1040. The number of pyridine rings is 2. The number of fused-ring (bicyclic) bond motifs is 2. The van der Waals surface area contributed by atoms with Crippen molar-refractivity contribution in [1.82, 2.24) is 23.7 Å². The lowest BCUT2D eigenvalue weighted by Crippen LogP contribution is -2.40. The van der Waals surface area contributed by atoms with E-state index in [0.29, 0.717) is 22.7 Å². The van der Waals surface area contributed by atoms with E-state index < -0.39 is 12.1 Å². The van der Waals surface area contributed by atoms with Gasteiger partial charge in [0.25, 0.3) is 0 Å². The number of rotatable bonds is 4. The molecule has 0 aliphatic heterocycles. The summed E-state index contributed by atoms with van der Waals surface area (Å²) in [5.74, 6) is -1.90. The molecular formula is C18H14F3N5O. The van der Waals surface area contributed by atoms with Gasteiger partial charge < -0.3 is 13.7 Å². The molecule has 0 N–H and O–H groups in total. The fourth-order valence-electron chi connectivity index (χ4n) is 2.97. The molecule has 138 valence electrons. The van der Waals surface area contributed by atoms with E-state index in [9.17, 15) is 18.0 Å².